The lowest BCUT2D eigenvalue weighted by atomic mass is 10.2. The van der Waals surface area contributed by atoms with Crippen LogP contribution in [0.1, 0.15) is 27.7 Å². The van der Waals surface area contributed by atoms with Gasteiger partial charge in [-0.05, 0) is 22.3 Å². The first kappa shape index (κ1) is 16.7. The summed E-state index contributed by atoms with van der Waals surface area (Å²) in [6.45, 7) is 12.8. The Morgan fingerprint density at radius 1 is 0.909 bits per heavy atom. The zero-order chi connectivity index (χ0) is 16.2. The summed E-state index contributed by atoms with van der Waals surface area (Å²) >= 11 is 0. The molecule has 0 radical (unpaired) electrons. The molecule has 0 saturated carbocycles. The minimum Gasteiger partial charge on any atom is -0.401 e. The summed E-state index contributed by atoms with van der Waals surface area (Å²) in [6.07, 6.45) is 1.91. The van der Waals surface area contributed by atoms with Gasteiger partial charge in [0.1, 0.15) is 0 Å². The Kier molecular flexibility index (Phi) is 5.04. The van der Waals surface area contributed by atoms with Gasteiger partial charge < -0.3 is 4.43 Å². The average molecular weight is 311 g/mol. The molecular formula is C20H26OSi. The molecule has 0 aliphatic heterocycles. The van der Waals surface area contributed by atoms with Gasteiger partial charge in [-0.2, -0.15) is 0 Å². The molecular weight excluding hydrogens is 284 g/mol. The summed E-state index contributed by atoms with van der Waals surface area (Å²) in [5, 5.41) is 2.64. The first-order chi connectivity index (χ1) is 10.4. The van der Waals surface area contributed by atoms with Gasteiger partial charge in [-0.3, -0.25) is 0 Å². The molecule has 0 aliphatic carbocycles. The van der Waals surface area contributed by atoms with Crippen LogP contribution in [0.2, 0.25) is 5.04 Å². The number of hydrogen-bond donors (Lipinski definition) is 0. The summed E-state index contributed by atoms with van der Waals surface area (Å²) in [6, 6.07) is 21.4. The second-order valence-electron chi connectivity index (χ2n) is 6.72. The summed E-state index contributed by atoms with van der Waals surface area (Å²) in [5.74, 6) is 0. The van der Waals surface area contributed by atoms with E-state index in [2.05, 4.69) is 94.9 Å². The van der Waals surface area contributed by atoms with E-state index >= 15 is 0 Å². The van der Waals surface area contributed by atoms with Crippen LogP contribution in [-0.4, -0.2) is 14.4 Å². The average Bonchev–Trinajstić information content (AvgIpc) is 2.52. The number of benzene rings is 2. The molecule has 0 spiro atoms. The molecule has 2 rings (SSSR count). The van der Waals surface area contributed by atoms with Gasteiger partial charge in [0.15, 0.2) is 0 Å². The molecule has 0 unspecified atom stereocenters. The number of rotatable bonds is 5. The van der Waals surface area contributed by atoms with Crippen molar-refractivity contribution in [3.63, 3.8) is 0 Å². The van der Waals surface area contributed by atoms with Gasteiger partial charge >= 0.3 is 0 Å². The van der Waals surface area contributed by atoms with E-state index in [1.54, 1.807) is 0 Å². The summed E-state index contributed by atoms with van der Waals surface area (Å²) in [5.41, 5.74) is 0. The maximum Gasteiger partial charge on any atom is 0.261 e. The van der Waals surface area contributed by atoms with Crippen LogP contribution in [0.15, 0.2) is 73.3 Å². The Hall–Kier alpha value is -1.64. The van der Waals surface area contributed by atoms with Gasteiger partial charge in [0.2, 0.25) is 0 Å². The molecule has 2 heteroatoms. The maximum atomic E-state index is 6.74. The van der Waals surface area contributed by atoms with E-state index in [4.69, 9.17) is 4.43 Å². The van der Waals surface area contributed by atoms with E-state index in [-0.39, 0.29) is 11.1 Å². The van der Waals surface area contributed by atoms with Crippen LogP contribution in [0.25, 0.3) is 0 Å². The van der Waals surface area contributed by atoms with Crippen molar-refractivity contribution >= 4 is 18.7 Å². The van der Waals surface area contributed by atoms with Crippen molar-refractivity contribution in [2.75, 3.05) is 0 Å². The highest BCUT2D eigenvalue weighted by Crippen LogP contribution is 2.37. The van der Waals surface area contributed by atoms with Gasteiger partial charge in [-0.1, -0.05) is 87.5 Å². The normalized spacial score (nSPS) is 13.6. The standard InChI is InChI=1S/C20H26OSi/c1-6-17(2)21-22(20(3,4)5,18-13-9-7-10-14-18)19-15-11-8-12-16-19/h6-17H,1H2,2-5H3/t17-/m0/s1. The van der Waals surface area contributed by atoms with Crippen LogP contribution in [-0.2, 0) is 4.43 Å². The Balaban J connectivity index is 2.72. The van der Waals surface area contributed by atoms with Gasteiger partial charge in [0.05, 0.1) is 6.10 Å². The molecule has 0 amide bonds. The fourth-order valence-corrected chi connectivity index (χ4v) is 7.69. The zero-order valence-electron chi connectivity index (χ0n) is 14.0. The van der Waals surface area contributed by atoms with Gasteiger partial charge in [0.25, 0.3) is 8.32 Å². The van der Waals surface area contributed by atoms with Crippen LogP contribution in [0.4, 0.5) is 0 Å². The molecule has 2 aromatic rings. The third kappa shape index (κ3) is 3.08. The molecule has 0 heterocycles. The zero-order valence-corrected chi connectivity index (χ0v) is 15.0. The minimum atomic E-state index is -2.40. The van der Waals surface area contributed by atoms with E-state index in [9.17, 15) is 0 Å². The molecule has 2 aromatic carbocycles. The Morgan fingerprint density at radius 3 is 1.64 bits per heavy atom. The van der Waals surface area contributed by atoms with E-state index in [0.717, 1.165) is 0 Å². The van der Waals surface area contributed by atoms with Gasteiger partial charge in [-0.25, -0.2) is 0 Å². The van der Waals surface area contributed by atoms with Gasteiger partial charge in [0, 0.05) is 0 Å². The Labute approximate surface area is 135 Å². The summed E-state index contributed by atoms with van der Waals surface area (Å²) in [4.78, 5) is 0. The Morgan fingerprint density at radius 2 is 1.32 bits per heavy atom. The molecule has 1 atom stereocenters. The molecule has 0 N–H and O–H groups in total. The fourth-order valence-electron chi connectivity index (χ4n) is 3.02. The Bertz CT molecular complexity index is 559. The smallest absolute Gasteiger partial charge is 0.261 e. The van der Waals surface area contributed by atoms with Crippen LogP contribution >= 0.6 is 0 Å². The molecule has 116 valence electrons. The van der Waals surface area contributed by atoms with Crippen LogP contribution in [0.3, 0.4) is 0 Å². The predicted molar refractivity (Wildman–Crippen MR) is 98.4 cm³/mol. The molecule has 0 fully saturated rings. The third-order valence-corrected chi connectivity index (χ3v) is 9.24. The van der Waals surface area contributed by atoms with E-state index in [1.807, 2.05) is 6.08 Å². The van der Waals surface area contributed by atoms with E-state index < -0.39 is 8.32 Å². The molecule has 1 nitrogen and oxygen atoms in total. The number of hydrogen-bond acceptors (Lipinski definition) is 1. The fraction of sp³-hybridized carbons (Fsp3) is 0.300. The summed E-state index contributed by atoms with van der Waals surface area (Å²) < 4.78 is 6.74. The van der Waals surface area contributed by atoms with Crippen molar-refractivity contribution in [2.45, 2.75) is 38.8 Å². The van der Waals surface area contributed by atoms with Crippen molar-refractivity contribution < 1.29 is 4.43 Å². The predicted octanol–water partition coefficient (Wildman–Crippen LogP) is 4.14. The van der Waals surface area contributed by atoms with E-state index in [1.165, 1.54) is 10.4 Å². The lowest BCUT2D eigenvalue weighted by Crippen LogP contribution is -2.67. The first-order valence-electron chi connectivity index (χ1n) is 7.83. The van der Waals surface area contributed by atoms with Crippen molar-refractivity contribution in [3.05, 3.63) is 73.3 Å². The van der Waals surface area contributed by atoms with E-state index in [0.29, 0.717) is 0 Å². The largest absolute Gasteiger partial charge is 0.401 e. The van der Waals surface area contributed by atoms with Crippen molar-refractivity contribution in [3.8, 4) is 0 Å². The third-order valence-electron chi connectivity index (χ3n) is 4.11. The van der Waals surface area contributed by atoms with Gasteiger partial charge in [-0.15, -0.1) is 6.58 Å². The lowest BCUT2D eigenvalue weighted by Gasteiger charge is -2.44. The van der Waals surface area contributed by atoms with Crippen LogP contribution < -0.4 is 10.4 Å². The quantitative estimate of drug-likeness (QED) is 0.596. The first-order valence-corrected chi connectivity index (χ1v) is 9.74. The highest BCUT2D eigenvalue weighted by molar-refractivity contribution is 6.99. The van der Waals surface area contributed by atoms with Crippen molar-refractivity contribution in [2.24, 2.45) is 0 Å². The van der Waals surface area contributed by atoms with Crippen molar-refractivity contribution in [1.29, 1.82) is 0 Å². The minimum absolute atomic E-state index is 0.0197. The second-order valence-corrected chi connectivity index (χ2v) is 11.0. The SMILES string of the molecule is C=C[C@H](C)O[Si](c1ccccc1)(c1ccccc1)C(C)(C)C. The molecule has 22 heavy (non-hydrogen) atoms. The molecule has 0 aromatic heterocycles. The highest BCUT2D eigenvalue weighted by atomic mass is 28.4. The topological polar surface area (TPSA) is 9.23 Å². The van der Waals surface area contributed by atoms with Crippen LogP contribution in [0.5, 0.6) is 0 Å². The maximum absolute atomic E-state index is 6.74. The monoisotopic (exact) mass is 310 g/mol. The molecule has 0 bridgehead atoms. The lowest BCUT2D eigenvalue weighted by molar-refractivity contribution is 0.252. The molecule has 0 saturated heterocycles. The summed E-state index contributed by atoms with van der Waals surface area (Å²) in [7, 11) is -2.40. The molecule has 0 aliphatic rings. The van der Waals surface area contributed by atoms with Crippen molar-refractivity contribution in [1.82, 2.24) is 0 Å². The highest BCUT2D eigenvalue weighted by Gasteiger charge is 2.50. The van der Waals surface area contributed by atoms with Crippen LogP contribution in [0, 0.1) is 0 Å². The second kappa shape index (κ2) is 6.63.